The fourth-order valence-corrected chi connectivity index (χ4v) is 1.68. The third-order valence-corrected chi connectivity index (χ3v) is 2.71. The minimum absolute atomic E-state index is 0.997. The van der Waals surface area contributed by atoms with Gasteiger partial charge in [0.2, 0.25) is 17.4 Å². The van der Waals surface area contributed by atoms with Crippen molar-refractivity contribution in [3.63, 3.8) is 0 Å². The Bertz CT molecular complexity index is 616. The summed E-state index contributed by atoms with van der Waals surface area (Å²) >= 11 is 0. The van der Waals surface area contributed by atoms with E-state index in [1.807, 2.05) is 0 Å². The molecule has 2 N–H and O–H groups in total. The molecule has 1 aromatic rings. The fraction of sp³-hybridized carbons (Fsp3) is 0.125. The van der Waals surface area contributed by atoms with Gasteiger partial charge in [0.05, 0.1) is 0 Å². The van der Waals surface area contributed by atoms with Crippen molar-refractivity contribution in [3.05, 3.63) is 23.3 Å². The molecule has 0 atom stereocenters. The lowest BCUT2D eigenvalue weighted by Gasteiger charge is -2.09. The Morgan fingerprint density at radius 2 is 1.53 bits per heavy atom. The Morgan fingerprint density at radius 1 is 1.11 bits per heavy atom. The monoisotopic (exact) mass is 303 g/mol. The quantitative estimate of drug-likeness (QED) is 0.486. The Kier molecular flexibility index (Phi) is 4.00. The van der Waals surface area contributed by atoms with E-state index in [0.717, 1.165) is 7.05 Å². The van der Waals surface area contributed by atoms with Crippen molar-refractivity contribution in [2.45, 2.75) is 4.90 Å². The fourth-order valence-electron chi connectivity index (χ4n) is 1.05. The van der Waals surface area contributed by atoms with Crippen molar-refractivity contribution in [3.8, 4) is 5.75 Å². The van der Waals surface area contributed by atoms with Crippen LogP contribution in [0.15, 0.2) is 4.90 Å². The second kappa shape index (κ2) is 5.01. The molecular weight excluding hydrogens is 298 g/mol. The predicted octanol–water partition coefficient (Wildman–Crippen LogP) is 1.21. The summed E-state index contributed by atoms with van der Waals surface area (Å²) in [6.45, 7) is 0. The van der Waals surface area contributed by atoms with Crippen LogP contribution in [0.2, 0.25) is 0 Å². The van der Waals surface area contributed by atoms with E-state index >= 15 is 0 Å². The molecule has 106 valence electrons. The molecule has 0 aliphatic rings. The Balaban J connectivity index is 3.62. The molecule has 11 heteroatoms. The van der Waals surface area contributed by atoms with E-state index in [2.05, 4.69) is 4.74 Å². The van der Waals surface area contributed by atoms with E-state index in [0.29, 0.717) is 0 Å². The van der Waals surface area contributed by atoms with Gasteiger partial charge < -0.3 is 10.1 Å². The number of hydrogen-bond acceptors (Lipinski definition) is 4. The summed E-state index contributed by atoms with van der Waals surface area (Å²) in [4.78, 5) is 8.49. The van der Waals surface area contributed by atoms with E-state index in [-0.39, 0.29) is 0 Å². The maximum absolute atomic E-state index is 13.3. The van der Waals surface area contributed by atoms with Crippen molar-refractivity contribution in [1.82, 2.24) is 5.32 Å². The topological polar surface area (TPSA) is 92.7 Å². The summed E-state index contributed by atoms with van der Waals surface area (Å²) in [6.07, 6.45) is -1.45. The second-order valence-electron chi connectivity index (χ2n) is 3.03. The molecule has 1 rings (SSSR count). The van der Waals surface area contributed by atoms with Crippen LogP contribution in [0.1, 0.15) is 0 Å². The van der Waals surface area contributed by atoms with Crippen LogP contribution in [0.25, 0.3) is 0 Å². The predicted molar refractivity (Wildman–Crippen MR) is 51.2 cm³/mol. The van der Waals surface area contributed by atoms with Gasteiger partial charge in [-0.25, -0.2) is 13.6 Å². The zero-order chi connectivity index (χ0) is 15.0. The van der Waals surface area contributed by atoms with Gasteiger partial charge in [-0.15, -0.1) is 0 Å². The summed E-state index contributed by atoms with van der Waals surface area (Å²) in [7, 11) is -4.55. The minimum atomic E-state index is -5.55. The highest BCUT2D eigenvalue weighted by atomic mass is 32.2. The molecule has 0 aromatic heterocycles. The van der Waals surface area contributed by atoms with Gasteiger partial charge in [-0.3, -0.25) is 4.55 Å². The molecule has 0 spiro atoms. The standard InChI is InChI=1S/C8H5F4NO5S/c1-13-8(14)18-6-2(9)4(11)7(19(15,16)17)5(12)3(6)10/h1H3,(H,13,14)(H,15,16,17). The number of carbonyl (C=O) groups excluding carboxylic acids is 1. The first kappa shape index (κ1) is 15.2. The van der Waals surface area contributed by atoms with Gasteiger partial charge in [0, 0.05) is 7.05 Å². The Labute approximate surface area is 103 Å². The van der Waals surface area contributed by atoms with Crippen LogP contribution >= 0.6 is 0 Å². The van der Waals surface area contributed by atoms with Crippen molar-refractivity contribution >= 4 is 16.2 Å². The molecule has 0 radical (unpaired) electrons. The number of carbonyl (C=O) groups is 1. The molecule has 0 saturated heterocycles. The Hall–Kier alpha value is -1.88. The van der Waals surface area contributed by atoms with Gasteiger partial charge in [0.1, 0.15) is 0 Å². The molecule has 0 bridgehead atoms. The van der Waals surface area contributed by atoms with E-state index in [9.17, 15) is 30.8 Å². The first-order valence-corrected chi connectivity index (χ1v) is 5.78. The average Bonchev–Trinajstić information content (AvgIpc) is 2.30. The number of benzene rings is 1. The van der Waals surface area contributed by atoms with Gasteiger partial charge in [-0.2, -0.15) is 17.2 Å². The number of hydrogen-bond donors (Lipinski definition) is 2. The summed E-state index contributed by atoms with van der Waals surface area (Å²) in [5.74, 6) is -11.2. The molecule has 1 aromatic carbocycles. The third kappa shape index (κ3) is 2.76. The number of ether oxygens (including phenoxy) is 1. The molecule has 0 heterocycles. The van der Waals surface area contributed by atoms with Crippen LogP contribution in [0.4, 0.5) is 22.4 Å². The van der Waals surface area contributed by atoms with E-state index in [4.69, 9.17) is 4.55 Å². The highest BCUT2D eigenvalue weighted by Crippen LogP contribution is 2.32. The zero-order valence-electron chi connectivity index (χ0n) is 9.00. The van der Waals surface area contributed by atoms with Crippen LogP contribution < -0.4 is 10.1 Å². The van der Waals surface area contributed by atoms with E-state index in [1.54, 1.807) is 5.32 Å². The lowest BCUT2D eigenvalue weighted by molar-refractivity contribution is 0.196. The van der Waals surface area contributed by atoms with Crippen molar-refractivity contribution < 1.29 is 40.1 Å². The van der Waals surface area contributed by atoms with Crippen LogP contribution in [-0.4, -0.2) is 26.1 Å². The van der Waals surface area contributed by atoms with Gasteiger partial charge in [-0.05, 0) is 0 Å². The maximum atomic E-state index is 13.3. The van der Waals surface area contributed by atoms with Gasteiger partial charge in [0.25, 0.3) is 0 Å². The van der Waals surface area contributed by atoms with Crippen LogP contribution in [0, 0.1) is 23.3 Å². The van der Waals surface area contributed by atoms with Crippen molar-refractivity contribution in [2.24, 2.45) is 0 Å². The summed E-state index contributed by atoms with van der Waals surface area (Å²) in [5, 5.41) is 1.74. The van der Waals surface area contributed by atoms with Crippen molar-refractivity contribution in [1.29, 1.82) is 0 Å². The molecular formula is C8H5F4NO5S. The zero-order valence-corrected chi connectivity index (χ0v) is 9.82. The van der Waals surface area contributed by atoms with Crippen LogP contribution in [0.3, 0.4) is 0 Å². The SMILES string of the molecule is CNC(=O)Oc1c(F)c(F)c(S(=O)(=O)O)c(F)c1F. The molecule has 0 fully saturated rings. The highest BCUT2D eigenvalue weighted by molar-refractivity contribution is 7.85. The largest absolute Gasteiger partial charge is 0.412 e. The average molecular weight is 303 g/mol. The molecule has 19 heavy (non-hydrogen) atoms. The smallest absolute Gasteiger partial charge is 0.404 e. The number of rotatable bonds is 2. The minimum Gasteiger partial charge on any atom is -0.404 e. The number of nitrogens with one attached hydrogen (secondary N) is 1. The lowest BCUT2D eigenvalue weighted by Crippen LogP contribution is -2.24. The summed E-state index contributed by atoms with van der Waals surface area (Å²) in [6, 6.07) is 0. The molecule has 1 amide bonds. The van der Waals surface area contributed by atoms with Crippen LogP contribution in [0.5, 0.6) is 5.75 Å². The first-order valence-electron chi connectivity index (χ1n) is 4.34. The molecule has 0 aliphatic heterocycles. The highest BCUT2D eigenvalue weighted by Gasteiger charge is 2.33. The maximum Gasteiger partial charge on any atom is 0.412 e. The van der Waals surface area contributed by atoms with Crippen LogP contribution in [-0.2, 0) is 10.1 Å². The van der Waals surface area contributed by atoms with Crippen molar-refractivity contribution in [2.75, 3.05) is 7.05 Å². The molecule has 0 saturated carbocycles. The van der Waals surface area contributed by atoms with E-state index in [1.165, 1.54) is 0 Å². The summed E-state index contributed by atoms with van der Waals surface area (Å²) in [5.41, 5.74) is 0. The second-order valence-corrected chi connectivity index (χ2v) is 4.39. The third-order valence-electron chi connectivity index (χ3n) is 1.84. The molecule has 0 aliphatic carbocycles. The van der Waals surface area contributed by atoms with Gasteiger partial charge >= 0.3 is 16.2 Å². The van der Waals surface area contributed by atoms with Gasteiger partial charge in [0.15, 0.2) is 16.5 Å². The Morgan fingerprint density at radius 3 is 1.84 bits per heavy atom. The number of halogens is 4. The lowest BCUT2D eigenvalue weighted by atomic mass is 10.3. The van der Waals surface area contributed by atoms with Gasteiger partial charge in [-0.1, -0.05) is 0 Å². The summed E-state index contributed by atoms with van der Waals surface area (Å²) < 4.78 is 86.5. The normalized spacial score (nSPS) is 11.3. The van der Waals surface area contributed by atoms with E-state index < -0.39 is 50.1 Å². The first-order chi connectivity index (χ1) is 8.61. The molecule has 6 nitrogen and oxygen atoms in total. The number of amides is 1. The molecule has 0 unspecified atom stereocenters.